The van der Waals surface area contributed by atoms with Crippen LogP contribution in [0.4, 0.5) is 0 Å². The largest absolute Gasteiger partial charge is 0.441 e. The molecule has 0 aliphatic heterocycles. The Kier molecular flexibility index (Phi) is 7.33. The van der Waals surface area contributed by atoms with Crippen molar-refractivity contribution in [1.82, 2.24) is 10.3 Å². The molecule has 136 valence electrons. The van der Waals surface area contributed by atoms with Gasteiger partial charge in [0.15, 0.2) is 0 Å². The van der Waals surface area contributed by atoms with Crippen LogP contribution in [0.2, 0.25) is 0 Å². The molecule has 1 aromatic carbocycles. The van der Waals surface area contributed by atoms with E-state index in [0.717, 1.165) is 17.5 Å². The Morgan fingerprint density at radius 1 is 1.32 bits per heavy atom. The third-order valence-corrected chi connectivity index (χ3v) is 4.88. The van der Waals surface area contributed by atoms with Crippen LogP contribution in [0.25, 0.3) is 11.5 Å². The topological polar surface area (TPSA) is 81.4 Å². The van der Waals surface area contributed by atoms with Crippen molar-refractivity contribution in [3.8, 4) is 11.5 Å². The number of aromatic nitrogens is 1. The van der Waals surface area contributed by atoms with Crippen molar-refractivity contribution in [2.45, 2.75) is 26.0 Å². The number of hydrogen-bond donors (Lipinski definition) is 1. The first kappa shape index (κ1) is 19.3. The van der Waals surface area contributed by atoms with Gasteiger partial charge in [-0.05, 0) is 31.9 Å². The lowest BCUT2D eigenvalue weighted by atomic mass is 10.1. The normalized spacial score (nSPS) is 12.1. The van der Waals surface area contributed by atoms with Crippen LogP contribution >= 0.6 is 0 Å². The van der Waals surface area contributed by atoms with E-state index in [0.29, 0.717) is 30.5 Å². The number of amides is 1. The van der Waals surface area contributed by atoms with Crippen LogP contribution in [0, 0.1) is 13.8 Å². The van der Waals surface area contributed by atoms with E-state index >= 15 is 0 Å². The summed E-state index contributed by atoms with van der Waals surface area (Å²) in [5, 5.41) is 2.73. The van der Waals surface area contributed by atoms with E-state index in [2.05, 4.69) is 10.3 Å². The van der Waals surface area contributed by atoms with E-state index in [4.69, 9.17) is 9.15 Å². The van der Waals surface area contributed by atoms with Crippen molar-refractivity contribution in [1.29, 1.82) is 0 Å². The van der Waals surface area contributed by atoms with Gasteiger partial charge >= 0.3 is 0 Å². The minimum Gasteiger partial charge on any atom is -0.441 e. The van der Waals surface area contributed by atoms with Crippen LogP contribution in [0.1, 0.15) is 23.4 Å². The minimum atomic E-state index is -1.33. The third kappa shape index (κ3) is 5.79. The molecule has 1 amide bonds. The van der Waals surface area contributed by atoms with E-state index < -0.39 is 10.8 Å². The van der Waals surface area contributed by atoms with Gasteiger partial charge in [0.1, 0.15) is 11.5 Å². The van der Waals surface area contributed by atoms with Gasteiger partial charge in [-0.1, -0.05) is 18.2 Å². The van der Waals surface area contributed by atoms with Crippen LogP contribution in [0.15, 0.2) is 28.7 Å². The minimum absolute atomic E-state index is 0.0427. The number of ether oxygens (including phenoxy) is 1. The zero-order valence-corrected chi connectivity index (χ0v) is 15.6. The monoisotopic (exact) mass is 364 g/mol. The van der Waals surface area contributed by atoms with E-state index in [-0.39, 0.29) is 17.4 Å². The lowest BCUT2D eigenvalue weighted by molar-refractivity contribution is -0.118. The number of nitrogens with zero attached hydrogens (tertiary/aromatic N) is 1. The highest BCUT2D eigenvalue weighted by Crippen LogP contribution is 2.25. The number of nitrogens with one attached hydrogen (secondary N) is 1. The van der Waals surface area contributed by atoms with E-state index in [9.17, 15) is 9.00 Å². The SMILES string of the molecule is COCCCNC(=O)C[S@](=O)Cc1nc(-c2ccccc2C)oc1C. The van der Waals surface area contributed by atoms with Gasteiger partial charge in [-0.25, -0.2) is 4.98 Å². The van der Waals surface area contributed by atoms with E-state index in [1.165, 1.54) is 0 Å². The number of hydrogen-bond acceptors (Lipinski definition) is 5. The fourth-order valence-electron chi connectivity index (χ4n) is 2.34. The number of aryl methyl sites for hydroxylation is 2. The lowest BCUT2D eigenvalue weighted by Crippen LogP contribution is -2.30. The highest BCUT2D eigenvalue weighted by atomic mass is 32.2. The Labute approximate surface area is 150 Å². The highest BCUT2D eigenvalue weighted by Gasteiger charge is 2.16. The summed E-state index contributed by atoms with van der Waals surface area (Å²) < 4.78 is 22.9. The van der Waals surface area contributed by atoms with Gasteiger partial charge in [0.05, 0.1) is 11.4 Å². The molecule has 6 nitrogen and oxygen atoms in total. The van der Waals surface area contributed by atoms with Crippen molar-refractivity contribution in [3.05, 3.63) is 41.3 Å². The molecule has 0 bridgehead atoms. The van der Waals surface area contributed by atoms with E-state index in [1.807, 2.05) is 31.2 Å². The molecule has 2 rings (SSSR count). The van der Waals surface area contributed by atoms with E-state index in [1.54, 1.807) is 14.0 Å². The second-order valence-electron chi connectivity index (χ2n) is 5.76. The molecule has 7 heteroatoms. The van der Waals surface area contributed by atoms with Gasteiger partial charge in [0.2, 0.25) is 11.8 Å². The number of benzene rings is 1. The smallest absolute Gasteiger partial charge is 0.232 e. The van der Waals surface area contributed by atoms with Crippen molar-refractivity contribution in [2.75, 3.05) is 26.0 Å². The molecular formula is C18H24N2O4S. The molecule has 0 spiro atoms. The van der Waals surface area contributed by atoms with Gasteiger partial charge in [-0.15, -0.1) is 0 Å². The molecule has 1 heterocycles. The number of rotatable bonds is 9. The first-order chi connectivity index (χ1) is 12.0. The summed E-state index contributed by atoms with van der Waals surface area (Å²) in [6.45, 7) is 4.89. The first-order valence-electron chi connectivity index (χ1n) is 8.14. The molecule has 0 unspecified atom stereocenters. The standard InChI is InChI=1S/C18H24N2O4S/c1-13-7-4-5-8-15(13)18-20-16(14(2)24-18)11-25(22)12-17(21)19-9-6-10-23-3/h4-5,7-8H,6,9-12H2,1-3H3,(H,19,21)/t25-/m1/s1. The summed E-state index contributed by atoms with van der Waals surface area (Å²) in [7, 11) is 0.281. The van der Waals surface area contributed by atoms with Gasteiger partial charge in [0, 0.05) is 36.6 Å². The zero-order valence-electron chi connectivity index (χ0n) is 14.8. The molecule has 25 heavy (non-hydrogen) atoms. The molecule has 1 aromatic heterocycles. The molecule has 0 aliphatic carbocycles. The summed E-state index contributed by atoms with van der Waals surface area (Å²) in [4.78, 5) is 16.2. The van der Waals surface area contributed by atoms with Gasteiger partial charge in [0.25, 0.3) is 0 Å². The number of carbonyl (C=O) groups is 1. The average molecular weight is 364 g/mol. The van der Waals surface area contributed by atoms with Crippen LogP contribution in [-0.4, -0.2) is 41.1 Å². The zero-order chi connectivity index (χ0) is 18.2. The molecular weight excluding hydrogens is 340 g/mol. The third-order valence-electron chi connectivity index (χ3n) is 3.71. The summed E-state index contributed by atoms with van der Waals surface area (Å²) in [5.74, 6) is 1.08. The summed E-state index contributed by atoms with van der Waals surface area (Å²) >= 11 is 0. The van der Waals surface area contributed by atoms with Gasteiger partial charge in [-0.3, -0.25) is 9.00 Å². The number of methoxy groups -OCH3 is 1. The summed E-state index contributed by atoms with van der Waals surface area (Å²) in [6.07, 6.45) is 0.733. The highest BCUT2D eigenvalue weighted by molar-refractivity contribution is 7.84. The van der Waals surface area contributed by atoms with Crippen molar-refractivity contribution >= 4 is 16.7 Å². The number of oxazole rings is 1. The fraction of sp³-hybridized carbons (Fsp3) is 0.444. The van der Waals surface area contributed by atoms with Crippen LogP contribution in [-0.2, 0) is 26.1 Å². The van der Waals surface area contributed by atoms with Crippen LogP contribution < -0.4 is 5.32 Å². The first-order valence-corrected chi connectivity index (χ1v) is 9.63. The van der Waals surface area contributed by atoms with Crippen molar-refractivity contribution in [2.24, 2.45) is 0 Å². The molecule has 1 N–H and O–H groups in total. The molecule has 1 atom stereocenters. The Morgan fingerprint density at radius 2 is 2.08 bits per heavy atom. The van der Waals surface area contributed by atoms with Crippen LogP contribution in [0.3, 0.4) is 0 Å². The maximum absolute atomic E-state index is 12.2. The Hall–Kier alpha value is -1.99. The Balaban J connectivity index is 1.93. The average Bonchev–Trinajstić information content (AvgIpc) is 2.92. The molecule has 0 radical (unpaired) electrons. The molecule has 0 aliphatic rings. The predicted octanol–water partition coefficient (Wildman–Crippen LogP) is 2.36. The molecule has 2 aromatic rings. The van der Waals surface area contributed by atoms with Gasteiger partial charge < -0.3 is 14.5 Å². The maximum Gasteiger partial charge on any atom is 0.232 e. The molecule has 0 saturated carbocycles. The van der Waals surface area contributed by atoms with Crippen molar-refractivity contribution < 1.29 is 18.2 Å². The summed E-state index contributed by atoms with van der Waals surface area (Å²) in [5.41, 5.74) is 2.61. The van der Waals surface area contributed by atoms with Crippen LogP contribution in [0.5, 0.6) is 0 Å². The Bertz CT molecular complexity index is 742. The second-order valence-corrected chi connectivity index (χ2v) is 7.22. The van der Waals surface area contributed by atoms with Crippen molar-refractivity contribution in [3.63, 3.8) is 0 Å². The second kappa shape index (κ2) is 9.48. The predicted molar refractivity (Wildman–Crippen MR) is 97.6 cm³/mol. The Morgan fingerprint density at radius 3 is 2.80 bits per heavy atom. The number of carbonyl (C=O) groups excluding carboxylic acids is 1. The molecule has 0 saturated heterocycles. The quantitative estimate of drug-likeness (QED) is 0.691. The fourth-order valence-corrected chi connectivity index (χ4v) is 3.40. The van der Waals surface area contributed by atoms with Gasteiger partial charge in [-0.2, -0.15) is 0 Å². The lowest BCUT2D eigenvalue weighted by Gasteiger charge is -2.04. The summed E-state index contributed by atoms with van der Waals surface area (Å²) in [6, 6.07) is 7.80. The molecule has 0 fully saturated rings. The maximum atomic E-state index is 12.2.